The second kappa shape index (κ2) is 5.95. The fourth-order valence-corrected chi connectivity index (χ4v) is 4.05. The number of carboxylic acid groups (broad SMARTS) is 1. The van der Waals surface area contributed by atoms with Crippen LogP contribution in [0.3, 0.4) is 0 Å². The van der Waals surface area contributed by atoms with Gasteiger partial charge in [0.15, 0.2) is 6.10 Å². The van der Waals surface area contributed by atoms with E-state index in [1.807, 2.05) is 24.3 Å². The van der Waals surface area contributed by atoms with E-state index in [9.17, 15) is 9.90 Å². The van der Waals surface area contributed by atoms with Crippen LogP contribution in [0.1, 0.15) is 24.8 Å². The molecule has 3 N–H and O–H groups in total. The van der Waals surface area contributed by atoms with E-state index in [0.717, 1.165) is 37.3 Å². The number of benzene rings is 1. The summed E-state index contributed by atoms with van der Waals surface area (Å²) in [5.41, 5.74) is 7.54. The Morgan fingerprint density at radius 1 is 1.28 bits per heavy atom. The lowest BCUT2D eigenvalue weighted by Gasteiger charge is -2.46. The maximum absolute atomic E-state index is 11.6. The van der Waals surface area contributed by atoms with Crippen LogP contribution in [0.15, 0.2) is 42.6 Å². The predicted molar refractivity (Wildman–Crippen MR) is 94.9 cm³/mol. The van der Waals surface area contributed by atoms with Crippen molar-refractivity contribution < 1.29 is 14.6 Å². The van der Waals surface area contributed by atoms with E-state index in [1.54, 1.807) is 12.3 Å². The smallest absolute Gasteiger partial charge is 0.344 e. The number of carboxylic acids is 1. The number of fused-ring (bicyclic) bond motifs is 2. The van der Waals surface area contributed by atoms with Gasteiger partial charge in [-0.1, -0.05) is 18.2 Å². The molecule has 4 rings (SSSR count). The third-order valence-electron chi connectivity index (χ3n) is 5.39. The Hall–Kier alpha value is -2.76. The fraction of sp³-hybridized carbons (Fsp3) is 0.368. The number of aromatic nitrogens is 1. The van der Waals surface area contributed by atoms with Gasteiger partial charge in [-0.05, 0) is 25.0 Å². The topological polar surface area (TPSA) is 88.7 Å². The molecule has 2 aliphatic rings. The van der Waals surface area contributed by atoms with Gasteiger partial charge in [0.1, 0.15) is 11.6 Å². The molecular weight excluding hydrogens is 318 g/mol. The number of aliphatic carboxylic acids is 1. The first-order valence-electron chi connectivity index (χ1n) is 8.53. The lowest BCUT2D eigenvalue weighted by atomic mass is 9.67. The number of para-hydroxylation sites is 1. The monoisotopic (exact) mass is 339 g/mol. The van der Waals surface area contributed by atoms with Crippen molar-refractivity contribution in [2.45, 2.75) is 30.8 Å². The quantitative estimate of drug-likeness (QED) is 0.874. The average Bonchev–Trinajstić information content (AvgIpc) is 2.62. The van der Waals surface area contributed by atoms with Crippen LogP contribution in [-0.4, -0.2) is 35.3 Å². The van der Waals surface area contributed by atoms with Gasteiger partial charge < -0.3 is 20.5 Å². The van der Waals surface area contributed by atoms with Gasteiger partial charge in [0.25, 0.3) is 0 Å². The van der Waals surface area contributed by atoms with Crippen LogP contribution in [0, 0.1) is 0 Å². The summed E-state index contributed by atoms with van der Waals surface area (Å²) < 4.78 is 5.71. The van der Waals surface area contributed by atoms with E-state index in [0.29, 0.717) is 17.9 Å². The highest BCUT2D eigenvalue weighted by Crippen LogP contribution is 2.47. The van der Waals surface area contributed by atoms with E-state index in [2.05, 4.69) is 16.0 Å². The van der Waals surface area contributed by atoms with Gasteiger partial charge in [-0.2, -0.15) is 0 Å². The van der Waals surface area contributed by atoms with Crippen molar-refractivity contribution in [1.29, 1.82) is 0 Å². The summed E-state index contributed by atoms with van der Waals surface area (Å²) in [5, 5.41) is 9.48. The summed E-state index contributed by atoms with van der Waals surface area (Å²) in [4.78, 5) is 18.2. The van der Waals surface area contributed by atoms with Gasteiger partial charge in [0.2, 0.25) is 0 Å². The normalized spacial score (nSPS) is 21.4. The maximum Gasteiger partial charge on any atom is 0.344 e. The molecule has 25 heavy (non-hydrogen) atoms. The van der Waals surface area contributed by atoms with E-state index < -0.39 is 12.1 Å². The summed E-state index contributed by atoms with van der Waals surface area (Å²) in [6, 6.07) is 11.5. The summed E-state index contributed by atoms with van der Waals surface area (Å²) in [6.07, 6.45) is 3.19. The van der Waals surface area contributed by atoms with Crippen LogP contribution in [-0.2, 0) is 10.2 Å². The lowest BCUT2D eigenvalue weighted by Crippen LogP contribution is -2.49. The average molecular weight is 339 g/mol. The van der Waals surface area contributed by atoms with Crippen molar-refractivity contribution >= 4 is 17.5 Å². The molecule has 130 valence electrons. The predicted octanol–water partition coefficient (Wildman–Crippen LogP) is 2.44. The van der Waals surface area contributed by atoms with Gasteiger partial charge >= 0.3 is 5.97 Å². The standard InChI is InChI=1S/C19H21N3O3/c20-13-5-8-21-17(11-13)22-9-6-19(7-10-22)12-16(18(23)24)25-15-4-2-1-3-14(15)19/h1-5,8,11,16H,6-7,9-10,12H2,(H2,20,21)(H,23,24). The van der Waals surface area contributed by atoms with Crippen LogP contribution in [0.25, 0.3) is 0 Å². The van der Waals surface area contributed by atoms with Gasteiger partial charge in [-0.25, -0.2) is 9.78 Å². The number of nitrogens with two attached hydrogens (primary N) is 1. The van der Waals surface area contributed by atoms with E-state index in [-0.39, 0.29) is 5.41 Å². The highest BCUT2D eigenvalue weighted by Gasteiger charge is 2.45. The van der Waals surface area contributed by atoms with Crippen molar-refractivity contribution in [3.05, 3.63) is 48.2 Å². The summed E-state index contributed by atoms with van der Waals surface area (Å²) in [6.45, 7) is 1.63. The number of ether oxygens (including phenoxy) is 1. The molecule has 0 saturated carbocycles. The van der Waals surface area contributed by atoms with Crippen LogP contribution < -0.4 is 15.4 Å². The minimum Gasteiger partial charge on any atom is -0.479 e. The SMILES string of the molecule is Nc1ccnc(N2CCC3(CC2)CC(C(=O)O)Oc2ccccc23)c1. The zero-order valence-corrected chi connectivity index (χ0v) is 13.9. The van der Waals surface area contributed by atoms with Crippen molar-refractivity contribution in [3.63, 3.8) is 0 Å². The second-order valence-corrected chi connectivity index (χ2v) is 6.86. The Morgan fingerprint density at radius 2 is 2.04 bits per heavy atom. The Morgan fingerprint density at radius 3 is 2.76 bits per heavy atom. The van der Waals surface area contributed by atoms with Gasteiger partial charge in [-0.15, -0.1) is 0 Å². The van der Waals surface area contributed by atoms with Crippen molar-refractivity contribution in [2.24, 2.45) is 0 Å². The van der Waals surface area contributed by atoms with E-state index in [4.69, 9.17) is 10.5 Å². The third-order valence-corrected chi connectivity index (χ3v) is 5.39. The third kappa shape index (κ3) is 2.77. The highest BCUT2D eigenvalue weighted by atomic mass is 16.5. The van der Waals surface area contributed by atoms with Gasteiger partial charge in [0, 0.05) is 48.4 Å². The largest absolute Gasteiger partial charge is 0.479 e. The van der Waals surface area contributed by atoms with Crippen molar-refractivity contribution in [1.82, 2.24) is 4.98 Å². The molecular formula is C19H21N3O3. The molecule has 1 fully saturated rings. The molecule has 1 aromatic carbocycles. The molecule has 0 aliphatic carbocycles. The lowest BCUT2D eigenvalue weighted by molar-refractivity contribution is -0.147. The number of anilines is 2. The first kappa shape index (κ1) is 15.7. The molecule has 0 bridgehead atoms. The molecule has 1 unspecified atom stereocenters. The first-order chi connectivity index (χ1) is 12.1. The zero-order valence-electron chi connectivity index (χ0n) is 13.9. The Kier molecular flexibility index (Phi) is 3.75. The van der Waals surface area contributed by atoms with Gasteiger partial charge in [0.05, 0.1) is 0 Å². The number of nitrogen functional groups attached to an aromatic ring is 1. The first-order valence-corrected chi connectivity index (χ1v) is 8.53. The Balaban J connectivity index is 1.61. The number of nitrogens with zero attached hydrogens (tertiary/aromatic N) is 2. The maximum atomic E-state index is 11.6. The van der Waals surface area contributed by atoms with Crippen molar-refractivity contribution in [2.75, 3.05) is 23.7 Å². The summed E-state index contributed by atoms with van der Waals surface area (Å²) in [5.74, 6) is 0.690. The molecule has 2 aromatic rings. The van der Waals surface area contributed by atoms with Gasteiger partial charge in [-0.3, -0.25) is 0 Å². The minimum atomic E-state index is -0.895. The molecule has 0 radical (unpaired) electrons. The highest BCUT2D eigenvalue weighted by molar-refractivity contribution is 5.74. The number of hydrogen-bond acceptors (Lipinski definition) is 5. The molecule has 1 spiro atoms. The molecule has 6 nitrogen and oxygen atoms in total. The van der Waals surface area contributed by atoms with Crippen LogP contribution in [0.2, 0.25) is 0 Å². The molecule has 0 amide bonds. The van der Waals surface area contributed by atoms with E-state index >= 15 is 0 Å². The second-order valence-electron chi connectivity index (χ2n) is 6.86. The Labute approximate surface area is 146 Å². The number of carbonyl (C=O) groups is 1. The van der Waals surface area contributed by atoms with E-state index in [1.165, 1.54) is 0 Å². The Bertz CT molecular complexity index is 800. The number of piperidine rings is 1. The fourth-order valence-electron chi connectivity index (χ4n) is 4.05. The number of pyridine rings is 1. The number of hydrogen-bond donors (Lipinski definition) is 2. The summed E-state index contributed by atoms with van der Waals surface area (Å²) >= 11 is 0. The van der Waals surface area contributed by atoms with Crippen molar-refractivity contribution in [3.8, 4) is 5.75 Å². The molecule has 3 heterocycles. The summed E-state index contributed by atoms with van der Waals surface area (Å²) in [7, 11) is 0. The van der Waals surface area contributed by atoms with Crippen LogP contribution in [0.5, 0.6) is 5.75 Å². The zero-order chi connectivity index (χ0) is 17.4. The minimum absolute atomic E-state index is 0.158. The molecule has 6 heteroatoms. The van der Waals surface area contributed by atoms with Crippen LogP contribution in [0.4, 0.5) is 11.5 Å². The number of rotatable bonds is 2. The molecule has 2 aliphatic heterocycles. The molecule has 1 aromatic heterocycles. The van der Waals surface area contributed by atoms with Crippen LogP contribution >= 0.6 is 0 Å². The molecule has 1 saturated heterocycles. The molecule has 1 atom stereocenters.